The summed E-state index contributed by atoms with van der Waals surface area (Å²) in [6.07, 6.45) is 2.88. The number of nitrogens with zero attached hydrogens (tertiary/aromatic N) is 1. The maximum absolute atomic E-state index is 13.1. The Morgan fingerprint density at radius 1 is 0.933 bits per heavy atom. The van der Waals surface area contributed by atoms with Gasteiger partial charge in [-0.05, 0) is 29.9 Å². The molecule has 3 amide bonds. The highest BCUT2D eigenvalue weighted by atomic mass is 16.2. The lowest BCUT2D eigenvalue weighted by atomic mass is 9.91. The Morgan fingerprint density at radius 3 is 1.97 bits per heavy atom. The summed E-state index contributed by atoms with van der Waals surface area (Å²) in [7, 11) is 0. The van der Waals surface area contributed by atoms with E-state index in [1.807, 2.05) is 50.2 Å². The van der Waals surface area contributed by atoms with Crippen LogP contribution < -0.4 is 10.6 Å². The van der Waals surface area contributed by atoms with Crippen molar-refractivity contribution >= 4 is 11.9 Å². The molecule has 1 saturated heterocycles. The Bertz CT molecular complexity index is 764. The van der Waals surface area contributed by atoms with Crippen molar-refractivity contribution in [3.8, 4) is 0 Å². The number of likely N-dealkylation sites (tertiary alicyclic amines) is 1. The summed E-state index contributed by atoms with van der Waals surface area (Å²) >= 11 is 0. The SMILES string of the molecule is CCC(C)[C@H](NC(=O)N1CCCC1)C(=O)NCC(c1ccccc1)c1ccccc1. The molecule has 1 aliphatic rings. The first-order chi connectivity index (χ1) is 14.6. The van der Waals surface area contributed by atoms with E-state index in [4.69, 9.17) is 0 Å². The van der Waals surface area contributed by atoms with Crippen molar-refractivity contribution in [1.29, 1.82) is 0 Å². The van der Waals surface area contributed by atoms with Gasteiger partial charge >= 0.3 is 6.03 Å². The van der Waals surface area contributed by atoms with E-state index in [0.29, 0.717) is 6.54 Å². The lowest BCUT2D eigenvalue weighted by Crippen LogP contribution is -2.53. The average molecular weight is 408 g/mol. The molecule has 0 radical (unpaired) electrons. The Hall–Kier alpha value is -2.82. The minimum Gasteiger partial charge on any atom is -0.353 e. The Balaban J connectivity index is 1.70. The van der Waals surface area contributed by atoms with Gasteiger partial charge in [0.25, 0.3) is 0 Å². The maximum atomic E-state index is 13.1. The highest BCUT2D eigenvalue weighted by Gasteiger charge is 2.29. The van der Waals surface area contributed by atoms with E-state index in [0.717, 1.165) is 43.5 Å². The Labute approximate surface area is 179 Å². The highest BCUT2D eigenvalue weighted by Crippen LogP contribution is 2.24. The quantitative estimate of drug-likeness (QED) is 0.690. The van der Waals surface area contributed by atoms with Gasteiger partial charge in [-0.25, -0.2) is 4.79 Å². The van der Waals surface area contributed by atoms with Crippen molar-refractivity contribution < 1.29 is 9.59 Å². The molecule has 5 heteroatoms. The number of hydrogen-bond acceptors (Lipinski definition) is 2. The molecule has 2 atom stereocenters. The lowest BCUT2D eigenvalue weighted by Gasteiger charge is -2.27. The molecule has 1 unspecified atom stereocenters. The zero-order valence-corrected chi connectivity index (χ0v) is 18.0. The summed E-state index contributed by atoms with van der Waals surface area (Å²) in [5.74, 6) is 0.000397. The summed E-state index contributed by atoms with van der Waals surface area (Å²) in [6.45, 7) is 6.08. The molecule has 2 N–H and O–H groups in total. The molecule has 1 aliphatic heterocycles. The number of amides is 3. The molecule has 0 bridgehead atoms. The fourth-order valence-corrected chi connectivity index (χ4v) is 3.96. The number of benzene rings is 2. The van der Waals surface area contributed by atoms with E-state index in [9.17, 15) is 9.59 Å². The predicted molar refractivity (Wildman–Crippen MR) is 120 cm³/mol. The van der Waals surface area contributed by atoms with Crippen LogP contribution in [0, 0.1) is 5.92 Å². The molecule has 0 spiro atoms. The fraction of sp³-hybridized carbons (Fsp3) is 0.440. The van der Waals surface area contributed by atoms with Gasteiger partial charge < -0.3 is 15.5 Å². The minimum atomic E-state index is -0.532. The maximum Gasteiger partial charge on any atom is 0.318 e. The van der Waals surface area contributed by atoms with Gasteiger partial charge in [-0.2, -0.15) is 0 Å². The number of carbonyl (C=O) groups is 2. The van der Waals surface area contributed by atoms with Crippen LogP contribution in [-0.2, 0) is 4.79 Å². The molecule has 0 aliphatic carbocycles. The van der Waals surface area contributed by atoms with Gasteiger partial charge in [0, 0.05) is 25.6 Å². The number of hydrogen-bond donors (Lipinski definition) is 2. The van der Waals surface area contributed by atoms with Crippen LogP contribution in [-0.4, -0.2) is 42.5 Å². The van der Waals surface area contributed by atoms with Crippen molar-refractivity contribution in [2.75, 3.05) is 19.6 Å². The molecule has 0 saturated carbocycles. The third kappa shape index (κ3) is 5.62. The van der Waals surface area contributed by atoms with Crippen LogP contribution in [0.1, 0.15) is 50.2 Å². The second kappa shape index (κ2) is 10.8. The molecule has 160 valence electrons. The molecule has 1 fully saturated rings. The molecular formula is C25H33N3O2. The van der Waals surface area contributed by atoms with Crippen LogP contribution in [0.25, 0.3) is 0 Å². The number of rotatable bonds is 8. The molecule has 3 rings (SSSR count). The summed E-state index contributed by atoms with van der Waals surface area (Å²) < 4.78 is 0. The molecule has 2 aromatic rings. The van der Waals surface area contributed by atoms with Gasteiger partial charge in [-0.3, -0.25) is 4.79 Å². The Morgan fingerprint density at radius 2 is 1.47 bits per heavy atom. The zero-order valence-electron chi connectivity index (χ0n) is 18.0. The van der Waals surface area contributed by atoms with Crippen LogP contribution >= 0.6 is 0 Å². The van der Waals surface area contributed by atoms with Gasteiger partial charge in [0.15, 0.2) is 0 Å². The summed E-state index contributed by atoms with van der Waals surface area (Å²) in [4.78, 5) is 27.5. The van der Waals surface area contributed by atoms with E-state index in [1.165, 1.54) is 0 Å². The predicted octanol–water partition coefficient (Wildman–Crippen LogP) is 4.15. The standard InChI is InChI=1S/C25H33N3O2/c1-3-19(2)23(27-25(30)28-16-10-11-17-28)24(29)26-18-22(20-12-6-4-7-13-20)21-14-8-5-9-15-21/h4-9,12-15,19,22-23H,3,10-11,16-18H2,1-2H3,(H,26,29)(H,27,30)/t19?,23-/m0/s1. The number of urea groups is 1. The summed E-state index contributed by atoms with van der Waals surface area (Å²) in [5, 5.41) is 6.11. The fourth-order valence-electron chi connectivity index (χ4n) is 3.96. The second-order valence-electron chi connectivity index (χ2n) is 8.13. The monoisotopic (exact) mass is 407 g/mol. The zero-order chi connectivity index (χ0) is 21.3. The van der Waals surface area contributed by atoms with Gasteiger partial charge in [-0.15, -0.1) is 0 Å². The van der Waals surface area contributed by atoms with Gasteiger partial charge in [0.2, 0.25) is 5.91 Å². The molecular weight excluding hydrogens is 374 g/mol. The lowest BCUT2D eigenvalue weighted by molar-refractivity contribution is -0.124. The molecule has 5 nitrogen and oxygen atoms in total. The first kappa shape index (κ1) is 21.9. The number of carbonyl (C=O) groups excluding carboxylic acids is 2. The van der Waals surface area contributed by atoms with E-state index in [2.05, 4.69) is 34.9 Å². The topological polar surface area (TPSA) is 61.4 Å². The third-order valence-corrected chi connectivity index (χ3v) is 6.05. The molecule has 30 heavy (non-hydrogen) atoms. The normalized spacial score (nSPS) is 15.6. The Kier molecular flexibility index (Phi) is 7.89. The minimum absolute atomic E-state index is 0.0585. The largest absolute Gasteiger partial charge is 0.353 e. The van der Waals surface area contributed by atoms with Crippen LogP contribution in [0.2, 0.25) is 0 Å². The van der Waals surface area contributed by atoms with Crippen molar-refractivity contribution in [2.24, 2.45) is 5.92 Å². The number of nitrogens with one attached hydrogen (secondary N) is 2. The van der Waals surface area contributed by atoms with Crippen LogP contribution in [0.15, 0.2) is 60.7 Å². The van der Waals surface area contributed by atoms with Crippen molar-refractivity contribution in [1.82, 2.24) is 15.5 Å². The molecule has 2 aromatic carbocycles. The second-order valence-corrected chi connectivity index (χ2v) is 8.13. The third-order valence-electron chi connectivity index (χ3n) is 6.05. The van der Waals surface area contributed by atoms with E-state index < -0.39 is 6.04 Å². The molecule has 0 aromatic heterocycles. The first-order valence-corrected chi connectivity index (χ1v) is 11.0. The summed E-state index contributed by atoms with van der Waals surface area (Å²) in [5.41, 5.74) is 2.32. The van der Waals surface area contributed by atoms with Crippen molar-refractivity contribution in [2.45, 2.75) is 45.1 Å². The van der Waals surface area contributed by atoms with Crippen LogP contribution in [0.5, 0.6) is 0 Å². The summed E-state index contributed by atoms with van der Waals surface area (Å²) in [6, 6.07) is 19.8. The van der Waals surface area contributed by atoms with Crippen molar-refractivity contribution in [3.63, 3.8) is 0 Å². The van der Waals surface area contributed by atoms with Gasteiger partial charge in [0.1, 0.15) is 6.04 Å². The van der Waals surface area contributed by atoms with Crippen molar-refractivity contribution in [3.05, 3.63) is 71.8 Å². The van der Waals surface area contributed by atoms with E-state index >= 15 is 0 Å². The smallest absolute Gasteiger partial charge is 0.318 e. The van der Waals surface area contributed by atoms with Crippen LogP contribution in [0.4, 0.5) is 4.79 Å². The van der Waals surface area contributed by atoms with Gasteiger partial charge in [0.05, 0.1) is 0 Å². The highest BCUT2D eigenvalue weighted by molar-refractivity contribution is 5.87. The molecule has 1 heterocycles. The van der Waals surface area contributed by atoms with E-state index in [1.54, 1.807) is 4.90 Å². The van der Waals surface area contributed by atoms with Crippen LogP contribution in [0.3, 0.4) is 0 Å². The average Bonchev–Trinajstić information content (AvgIpc) is 3.33. The first-order valence-electron chi connectivity index (χ1n) is 11.0. The van der Waals surface area contributed by atoms with Gasteiger partial charge in [-0.1, -0.05) is 80.9 Å². The van der Waals surface area contributed by atoms with E-state index in [-0.39, 0.29) is 23.8 Å².